The third kappa shape index (κ3) is 3.44. The second-order valence-electron chi connectivity index (χ2n) is 4.48. The van der Waals surface area contributed by atoms with Gasteiger partial charge in [0.15, 0.2) is 0 Å². The number of hydrogen-bond acceptors (Lipinski definition) is 3. The molecule has 0 aromatic rings. The fourth-order valence-electron chi connectivity index (χ4n) is 2.36. The Labute approximate surface area is 91.8 Å². The SMILES string of the molecule is C1CCCN(CC2CSCN2)CCC1. The lowest BCUT2D eigenvalue weighted by molar-refractivity contribution is 0.231. The maximum atomic E-state index is 3.56. The highest BCUT2D eigenvalue weighted by Crippen LogP contribution is 2.14. The van der Waals surface area contributed by atoms with Gasteiger partial charge in [0.05, 0.1) is 0 Å². The van der Waals surface area contributed by atoms with E-state index in [0.717, 1.165) is 6.04 Å². The van der Waals surface area contributed by atoms with E-state index in [2.05, 4.69) is 10.2 Å². The molecule has 2 fully saturated rings. The molecule has 0 saturated carbocycles. The summed E-state index contributed by atoms with van der Waals surface area (Å²) in [4.78, 5) is 2.67. The minimum atomic E-state index is 0.763. The Hall–Kier alpha value is 0.270. The Bertz CT molecular complexity index is 149. The van der Waals surface area contributed by atoms with Crippen molar-refractivity contribution in [3.05, 3.63) is 0 Å². The molecule has 0 aromatic carbocycles. The summed E-state index contributed by atoms with van der Waals surface area (Å²) in [6.07, 6.45) is 7.19. The lowest BCUT2D eigenvalue weighted by atomic mass is 10.1. The summed E-state index contributed by atoms with van der Waals surface area (Å²) in [5, 5.41) is 3.56. The van der Waals surface area contributed by atoms with Crippen molar-refractivity contribution < 1.29 is 0 Å². The number of thioether (sulfide) groups is 1. The molecular weight excluding hydrogens is 192 g/mol. The van der Waals surface area contributed by atoms with Crippen LogP contribution in [0.4, 0.5) is 0 Å². The zero-order valence-corrected chi connectivity index (χ0v) is 9.82. The van der Waals surface area contributed by atoms with E-state index < -0.39 is 0 Å². The summed E-state index contributed by atoms with van der Waals surface area (Å²) in [6, 6.07) is 0.763. The van der Waals surface area contributed by atoms with Gasteiger partial charge in [-0.1, -0.05) is 19.3 Å². The number of nitrogens with one attached hydrogen (secondary N) is 1. The van der Waals surface area contributed by atoms with Crippen molar-refractivity contribution >= 4 is 11.8 Å². The number of likely N-dealkylation sites (tertiary alicyclic amines) is 1. The van der Waals surface area contributed by atoms with Gasteiger partial charge >= 0.3 is 0 Å². The minimum Gasteiger partial charge on any atom is -0.303 e. The highest BCUT2D eigenvalue weighted by Gasteiger charge is 2.18. The van der Waals surface area contributed by atoms with Gasteiger partial charge in [0.2, 0.25) is 0 Å². The first-order chi connectivity index (χ1) is 6.95. The van der Waals surface area contributed by atoms with Gasteiger partial charge in [0, 0.05) is 24.2 Å². The van der Waals surface area contributed by atoms with E-state index in [1.54, 1.807) is 0 Å². The van der Waals surface area contributed by atoms with Crippen LogP contribution in [0.5, 0.6) is 0 Å². The summed E-state index contributed by atoms with van der Waals surface area (Å²) < 4.78 is 0. The van der Waals surface area contributed by atoms with Gasteiger partial charge in [0.1, 0.15) is 0 Å². The maximum absolute atomic E-state index is 3.56. The average molecular weight is 214 g/mol. The molecule has 1 atom stereocenters. The van der Waals surface area contributed by atoms with Gasteiger partial charge in [-0.2, -0.15) is 0 Å². The quantitative estimate of drug-likeness (QED) is 0.756. The van der Waals surface area contributed by atoms with Gasteiger partial charge in [-0.25, -0.2) is 0 Å². The Morgan fingerprint density at radius 3 is 2.43 bits per heavy atom. The molecule has 2 heterocycles. The summed E-state index contributed by atoms with van der Waals surface area (Å²) in [5.74, 6) is 2.48. The summed E-state index contributed by atoms with van der Waals surface area (Å²) in [7, 11) is 0. The molecule has 1 N–H and O–H groups in total. The van der Waals surface area contributed by atoms with E-state index in [4.69, 9.17) is 0 Å². The molecule has 0 aromatic heterocycles. The fraction of sp³-hybridized carbons (Fsp3) is 1.00. The molecule has 1 unspecified atom stereocenters. The van der Waals surface area contributed by atoms with Gasteiger partial charge in [-0.3, -0.25) is 0 Å². The first-order valence-corrected chi connectivity index (χ1v) is 7.14. The average Bonchev–Trinajstić information content (AvgIpc) is 2.62. The molecule has 2 aliphatic heterocycles. The van der Waals surface area contributed by atoms with Crippen molar-refractivity contribution in [3.8, 4) is 0 Å². The monoisotopic (exact) mass is 214 g/mol. The van der Waals surface area contributed by atoms with Gasteiger partial charge < -0.3 is 10.2 Å². The Kier molecular flexibility index (Phi) is 4.61. The summed E-state index contributed by atoms with van der Waals surface area (Å²) in [6.45, 7) is 3.96. The van der Waals surface area contributed by atoms with E-state index in [0.29, 0.717) is 0 Å². The maximum Gasteiger partial charge on any atom is 0.0421 e. The van der Waals surface area contributed by atoms with Crippen LogP contribution in [0.3, 0.4) is 0 Å². The number of nitrogens with zero attached hydrogens (tertiary/aromatic N) is 1. The highest BCUT2D eigenvalue weighted by atomic mass is 32.2. The van der Waals surface area contributed by atoms with Crippen LogP contribution < -0.4 is 5.32 Å². The standard InChI is InChI=1S/C11H22N2S/c1-2-4-6-13(7-5-3-1)8-11-9-14-10-12-11/h11-12H,1-10H2. The van der Waals surface area contributed by atoms with Crippen LogP contribution in [0.15, 0.2) is 0 Å². The first-order valence-electron chi connectivity index (χ1n) is 5.98. The van der Waals surface area contributed by atoms with Crippen molar-refractivity contribution in [2.75, 3.05) is 31.3 Å². The van der Waals surface area contributed by atoms with Crippen LogP contribution in [-0.2, 0) is 0 Å². The molecule has 0 aliphatic carbocycles. The fourth-order valence-corrected chi connectivity index (χ4v) is 3.34. The number of hydrogen-bond donors (Lipinski definition) is 1. The molecular formula is C11H22N2S. The van der Waals surface area contributed by atoms with Crippen LogP contribution in [0.1, 0.15) is 32.1 Å². The van der Waals surface area contributed by atoms with E-state index >= 15 is 0 Å². The van der Waals surface area contributed by atoms with Crippen LogP contribution in [0.25, 0.3) is 0 Å². The van der Waals surface area contributed by atoms with Gasteiger partial charge in [0.25, 0.3) is 0 Å². The third-order valence-electron chi connectivity index (χ3n) is 3.22. The Morgan fingerprint density at radius 1 is 1.07 bits per heavy atom. The van der Waals surface area contributed by atoms with E-state index in [-0.39, 0.29) is 0 Å². The predicted molar refractivity (Wildman–Crippen MR) is 63.8 cm³/mol. The molecule has 14 heavy (non-hydrogen) atoms. The second-order valence-corrected chi connectivity index (χ2v) is 5.51. The summed E-state index contributed by atoms with van der Waals surface area (Å²) in [5.41, 5.74) is 0. The number of rotatable bonds is 2. The van der Waals surface area contributed by atoms with Crippen LogP contribution >= 0.6 is 11.8 Å². The molecule has 3 heteroatoms. The van der Waals surface area contributed by atoms with Crippen molar-refractivity contribution in [3.63, 3.8) is 0 Å². The van der Waals surface area contributed by atoms with E-state index in [1.165, 1.54) is 63.4 Å². The van der Waals surface area contributed by atoms with E-state index in [1.807, 2.05) is 11.8 Å². The zero-order valence-electron chi connectivity index (χ0n) is 9.00. The highest BCUT2D eigenvalue weighted by molar-refractivity contribution is 7.99. The normalized spacial score (nSPS) is 31.3. The van der Waals surface area contributed by atoms with Crippen LogP contribution in [0.2, 0.25) is 0 Å². The molecule has 2 saturated heterocycles. The smallest absolute Gasteiger partial charge is 0.0421 e. The van der Waals surface area contributed by atoms with Crippen LogP contribution in [-0.4, -0.2) is 42.2 Å². The molecule has 2 rings (SSSR count). The first kappa shape index (κ1) is 10.8. The molecule has 2 aliphatic rings. The van der Waals surface area contributed by atoms with Gasteiger partial charge in [-0.05, 0) is 25.9 Å². The summed E-state index contributed by atoms with van der Waals surface area (Å²) >= 11 is 2.04. The predicted octanol–water partition coefficient (Wildman–Crippen LogP) is 1.92. The van der Waals surface area contributed by atoms with Crippen molar-refractivity contribution in [1.82, 2.24) is 10.2 Å². The lowest BCUT2D eigenvalue weighted by Crippen LogP contribution is -2.40. The zero-order chi connectivity index (χ0) is 9.64. The molecule has 2 nitrogen and oxygen atoms in total. The van der Waals surface area contributed by atoms with E-state index in [9.17, 15) is 0 Å². The molecule has 0 amide bonds. The lowest BCUT2D eigenvalue weighted by Gasteiger charge is -2.26. The van der Waals surface area contributed by atoms with Gasteiger partial charge in [-0.15, -0.1) is 11.8 Å². The molecule has 0 radical (unpaired) electrons. The van der Waals surface area contributed by atoms with Crippen molar-refractivity contribution in [1.29, 1.82) is 0 Å². The second kappa shape index (κ2) is 5.99. The Balaban J connectivity index is 1.70. The third-order valence-corrected chi connectivity index (χ3v) is 4.23. The largest absolute Gasteiger partial charge is 0.303 e. The molecule has 0 spiro atoms. The topological polar surface area (TPSA) is 15.3 Å². The van der Waals surface area contributed by atoms with Crippen molar-refractivity contribution in [2.45, 2.75) is 38.1 Å². The molecule has 82 valence electrons. The van der Waals surface area contributed by atoms with Crippen LogP contribution in [0, 0.1) is 0 Å². The molecule has 0 bridgehead atoms. The Morgan fingerprint density at radius 2 is 1.79 bits per heavy atom. The van der Waals surface area contributed by atoms with Crippen molar-refractivity contribution in [2.24, 2.45) is 0 Å². The minimum absolute atomic E-state index is 0.763.